The highest BCUT2D eigenvalue weighted by Crippen LogP contribution is 2.19. The third kappa shape index (κ3) is 2.35. The number of aliphatic carboxylic acids is 1. The van der Waals surface area contributed by atoms with E-state index in [-0.39, 0.29) is 0 Å². The number of carboxylic acids is 1. The molecule has 2 heterocycles. The highest BCUT2D eigenvalue weighted by molar-refractivity contribution is 5.88. The molecule has 0 saturated heterocycles. The lowest BCUT2D eigenvalue weighted by Gasteiger charge is -2.14. The molecule has 0 aliphatic carbocycles. The Bertz CT molecular complexity index is 523. The van der Waals surface area contributed by atoms with E-state index >= 15 is 0 Å². The van der Waals surface area contributed by atoms with E-state index in [0.29, 0.717) is 17.9 Å². The zero-order valence-electron chi connectivity index (χ0n) is 9.47. The highest BCUT2D eigenvalue weighted by atomic mass is 16.4. The summed E-state index contributed by atoms with van der Waals surface area (Å²) in [6.45, 7) is 1.95. The Labute approximate surface area is 98.1 Å². The molecular formula is C11H14N4O2. The normalized spacial score (nSPS) is 12.5. The molecule has 0 radical (unpaired) electrons. The van der Waals surface area contributed by atoms with Crippen molar-refractivity contribution in [3.05, 3.63) is 18.6 Å². The van der Waals surface area contributed by atoms with E-state index < -0.39 is 12.0 Å². The molecule has 2 aromatic heterocycles. The van der Waals surface area contributed by atoms with Crippen molar-refractivity contribution in [1.29, 1.82) is 0 Å². The van der Waals surface area contributed by atoms with Crippen LogP contribution in [0.25, 0.3) is 11.0 Å². The molecule has 0 fully saturated rings. The number of aromatic nitrogens is 3. The van der Waals surface area contributed by atoms with Crippen LogP contribution in [0.5, 0.6) is 0 Å². The zero-order valence-corrected chi connectivity index (χ0v) is 9.47. The van der Waals surface area contributed by atoms with Crippen LogP contribution in [0.2, 0.25) is 0 Å². The minimum Gasteiger partial charge on any atom is -0.480 e. The van der Waals surface area contributed by atoms with Crippen molar-refractivity contribution in [3.8, 4) is 0 Å². The second kappa shape index (κ2) is 4.82. The number of carboxylic acid groups (broad SMARTS) is 1. The van der Waals surface area contributed by atoms with Crippen LogP contribution < -0.4 is 5.32 Å². The molecule has 0 spiro atoms. The number of aromatic amines is 1. The number of fused-ring (bicyclic) bond motifs is 1. The zero-order chi connectivity index (χ0) is 12.3. The summed E-state index contributed by atoms with van der Waals surface area (Å²) in [6, 6.07) is 1.20. The largest absolute Gasteiger partial charge is 0.480 e. The molecule has 1 unspecified atom stereocenters. The Morgan fingerprint density at radius 3 is 3.12 bits per heavy atom. The predicted molar refractivity (Wildman–Crippen MR) is 63.8 cm³/mol. The molecule has 2 aromatic rings. The summed E-state index contributed by atoms with van der Waals surface area (Å²) >= 11 is 0. The van der Waals surface area contributed by atoms with Crippen molar-refractivity contribution < 1.29 is 9.90 Å². The number of anilines is 1. The summed E-state index contributed by atoms with van der Waals surface area (Å²) in [5, 5.41) is 12.8. The van der Waals surface area contributed by atoms with Crippen LogP contribution in [-0.2, 0) is 4.79 Å². The minimum atomic E-state index is -0.867. The second-order valence-electron chi connectivity index (χ2n) is 3.79. The number of carbonyl (C=O) groups is 1. The molecule has 0 aliphatic rings. The minimum absolute atomic E-state index is 0.553. The number of rotatable bonds is 5. The molecule has 0 saturated carbocycles. The van der Waals surface area contributed by atoms with Gasteiger partial charge in [-0.2, -0.15) is 0 Å². The smallest absolute Gasteiger partial charge is 0.326 e. The Balaban J connectivity index is 2.27. The van der Waals surface area contributed by atoms with Crippen molar-refractivity contribution in [3.63, 3.8) is 0 Å². The number of nitrogens with zero attached hydrogens (tertiary/aromatic N) is 2. The van der Waals surface area contributed by atoms with Crippen molar-refractivity contribution in [2.24, 2.45) is 0 Å². The van der Waals surface area contributed by atoms with Crippen molar-refractivity contribution in [1.82, 2.24) is 15.0 Å². The number of H-pyrrole nitrogens is 1. The van der Waals surface area contributed by atoms with E-state index in [1.54, 1.807) is 6.20 Å². The standard InChI is InChI=1S/C11H14N4O2/c1-2-3-8(11(16)17)15-10-7-4-5-12-9(7)13-6-14-10/h4-6,8H,2-3H2,1H3,(H,16,17)(H2,12,13,14,15). The summed E-state index contributed by atoms with van der Waals surface area (Å²) in [5.74, 6) is -0.314. The molecule has 0 bridgehead atoms. The van der Waals surface area contributed by atoms with Gasteiger partial charge in [-0.15, -0.1) is 0 Å². The van der Waals surface area contributed by atoms with Crippen molar-refractivity contribution in [2.75, 3.05) is 5.32 Å². The molecule has 6 nitrogen and oxygen atoms in total. The van der Waals surface area contributed by atoms with Crippen LogP contribution in [0.15, 0.2) is 18.6 Å². The van der Waals surface area contributed by atoms with Gasteiger partial charge in [-0.3, -0.25) is 0 Å². The Kier molecular flexibility index (Phi) is 3.22. The summed E-state index contributed by atoms with van der Waals surface area (Å²) < 4.78 is 0. The SMILES string of the molecule is CCCC(Nc1ncnc2[nH]ccc12)C(=O)O. The first-order valence-electron chi connectivity index (χ1n) is 5.49. The van der Waals surface area contributed by atoms with Gasteiger partial charge in [-0.1, -0.05) is 13.3 Å². The quantitative estimate of drug-likeness (QED) is 0.731. The number of hydrogen-bond acceptors (Lipinski definition) is 4. The van der Waals surface area contributed by atoms with E-state index in [0.717, 1.165) is 11.8 Å². The van der Waals surface area contributed by atoms with Crippen LogP contribution in [0.1, 0.15) is 19.8 Å². The summed E-state index contributed by atoms with van der Waals surface area (Å²) in [5.41, 5.74) is 0.697. The summed E-state index contributed by atoms with van der Waals surface area (Å²) in [7, 11) is 0. The average molecular weight is 234 g/mol. The monoisotopic (exact) mass is 234 g/mol. The number of nitrogens with one attached hydrogen (secondary N) is 2. The molecule has 0 aromatic carbocycles. The van der Waals surface area contributed by atoms with E-state index in [1.165, 1.54) is 6.33 Å². The molecule has 6 heteroatoms. The fourth-order valence-electron chi connectivity index (χ4n) is 1.70. The van der Waals surface area contributed by atoms with Gasteiger partial charge in [0.15, 0.2) is 0 Å². The lowest BCUT2D eigenvalue weighted by atomic mass is 10.1. The van der Waals surface area contributed by atoms with Crippen LogP contribution in [-0.4, -0.2) is 32.1 Å². The lowest BCUT2D eigenvalue weighted by molar-refractivity contribution is -0.138. The molecular weight excluding hydrogens is 220 g/mol. The van der Waals surface area contributed by atoms with Gasteiger partial charge in [-0.05, 0) is 12.5 Å². The van der Waals surface area contributed by atoms with E-state index in [9.17, 15) is 4.79 Å². The Morgan fingerprint density at radius 1 is 1.59 bits per heavy atom. The van der Waals surface area contributed by atoms with Crippen LogP contribution >= 0.6 is 0 Å². The highest BCUT2D eigenvalue weighted by Gasteiger charge is 2.17. The molecule has 2 rings (SSSR count). The Morgan fingerprint density at radius 2 is 2.41 bits per heavy atom. The maximum atomic E-state index is 11.1. The lowest BCUT2D eigenvalue weighted by Crippen LogP contribution is -2.29. The van der Waals surface area contributed by atoms with Gasteiger partial charge in [0.25, 0.3) is 0 Å². The van der Waals surface area contributed by atoms with E-state index in [4.69, 9.17) is 5.11 Å². The van der Waals surface area contributed by atoms with Crippen LogP contribution in [0.4, 0.5) is 5.82 Å². The van der Waals surface area contributed by atoms with Gasteiger partial charge < -0.3 is 15.4 Å². The molecule has 90 valence electrons. The van der Waals surface area contributed by atoms with Crippen molar-refractivity contribution in [2.45, 2.75) is 25.8 Å². The van der Waals surface area contributed by atoms with Gasteiger partial charge in [-0.25, -0.2) is 14.8 Å². The summed E-state index contributed by atoms with van der Waals surface area (Å²) in [4.78, 5) is 22.1. The number of hydrogen-bond donors (Lipinski definition) is 3. The first-order valence-corrected chi connectivity index (χ1v) is 5.49. The average Bonchev–Trinajstić information content (AvgIpc) is 2.77. The first-order chi connectivity index (χ1) is 8.22. The van der Waals surface area contributed by atoms with Gasteiger partial charge in [0.05, 0.1) is 5.39 Å². The third-order valence-electron chi connectivity index (χ3n) is 2.54. The third-order valence-corrected chi connectivity index (χ3v) is 2.54. The topological polar surface area (TPSA) is 90.9 Å². The Hall–Kier alpha value is -2.11. The van der Waals surface area contributed by atoms with E-state index in [1.807, 2.05) is 13.0 Å². The first kappa shape index (κ1) is 11.4. The van der Waals surface area contributed by atoms with Gasteiger partial charge in [0.1, 0.15) is 23.8 Å². The molecule has 0 amide bonds. The van der Waals surface area contributed by atoms with Crippen molar-refractivity contribution >= 4 is 22.8 Å². The van der Waals surface area contributed by atoms with Gasteiger partial charge in [0.2, 0.25) is 0 Å². The molecule has 1 atom stereocenters. The molecule has 3 N–H and O–H groups in total. The fraction of sp³-hybridized carbons (Fsp3) is 0.364. The van der Waals surface area contributed by atoms with Crippen LogP contribution in [0, 0.1) is 0 Å². The van der Waals surface area contributed by atoms with E-state index in [2.05, 4.69) is 20.3 Å². The van der Waals surface area contributed by atoms with Gasteiger partial charge in [0, 0.05) is 6.20 Å². The fourth-order valence-corrected chi connectivity index (χ4v) is 1.70. The summed E-state index contributed by atoms with van der Waals surface area (Å²) in [6.07, 6.45) is 4.52. The predicted octanol–water partition coefficient (Wildman–Crippen LogP) is 1.62. The maximum absolute atomic E-state index is 11.1. The van der Waals surface area contributed by atoms with Gasteiger partial charge >= 0.3 is 5.97 Å². The second-order valence-corrected chi connectivity index (χ2v) is 3.79. The maximum Gasteiger partial charge on any atom is 0.326 e. The molecule has 0 aliphatic heterocycles. The van der Waals surface area contributed by atoms with Crippen LogP contribution in [0.3, 0.4) is 0 Å². The molecule has 17 heavy (non-hydrogen) atoms.